The van der Waals surface area contributed by atoms with Gasteiger partial charge in [0.15, 0.2) is 0 Å². The highest BCUT2D eigenvalue weighted by Crippen LogP contribution is 2.35. The van der Waals surface area contributed by atoms with E-state index >= 15 is 0 Å². The van der Waals surface area contributed by atoms with Crippen molar-refractivity contribution in [3.8, 4) is 0 Å². The van der Waals surface area contributed by atoms with Crippen LogP contribution >= 0.6 is 0 Å². The van der Waals surface area contributed by atoms with Crippen LogP contribution in [0.5, 0.6) is 0 Å². The van der Waals surface area contributed by atoms with Gasteiger partial charge < -0.3 is 9.64 Å². The minimum atomic E-state index is -0.326. The largest absolute Gasteiger partial charge is 0.465 e. The van der Waals surface area contributed by atoms with Crippen LogP contribution < -0.4 is 4.90 Å². The highest BCUT2D eigenvalue weighted by molar-refractivity contribution is 5.97. The molecule has 3 heteroatoms. The van der Waals surface area contributed by atoms with E-state index in [1.54, 1.807) is 12.1 Å². The van der Waals surface area contributed by atoms with Crippen molar-refractivity contribution in [1.29, 1.82) is 0 Å². The first-order valence-corrected chi connectivity index (χ1v) is 8.56. The Hall–Kier alpha value is -3.07. The zero-order valence-electron chi connectivity index (χ0n) is 15.4. The van der Waals surface area contributed by atoms with Gasteiger partial charge in [-0.25, -0.2) is 4.79 Å². The Labute approximate surface area is 154 Å². The molecule has 26 heavy (non-hydrogen) atoms. The normalized spacial score (nSPS) is 11.8. The van der Waals surface area contributed by atoms with Crippen molar-refractivity contribution in [1.82, 2.24) is 0 Å². The van der Waals surface area contributed by atoms with E-state index in [0.717, 1.165) is 5.56 Å². The van der Waals surface area contributed by atoms with E-state index in [4.69, 9.17) is 4.74 Å². The van der Waals surface area contributed by atoms with E-state index in [-0.39, 0.29) is 11.9 Å². The third-order valence-electron chi connectivity index (χ3n) is 4.68. The van der Waals surface area contributed by atoms with Crippen LogP contribution in [0.25, 0.3) is 10.8 Å². The quantitative estimate of drug-likeness (QED) is 0.481. The van der Waals surface area contributed by atoms with Crippen molar-refractivity contribution in [3.05, 3.63) is 90.0 Å². The molecule has 0 N–H and O–H groups in total. The molecule has 1 atom stereocenters. The van der Waals surface area contributed by atoms with Gasteiger partial charge in [0, 0.05) is 31.1 Å². The Bertz CT molecular complexity index is 942. The molecule has 3 aromatic rings. The Kier molecular flexibility index (Phi) is 5.08. The van der Waals surface area contributed by atoms with Crippen molar-refractivity contribution in [2.45, 2.75) is 5.92 Å². The van der Waals surface area contributed by atoms with Gasteiger partial charge in [0.25, 0.3) is 0 Å². The first kappa shape index (κ1) is 17.7. The van der Waals surface area contributed by atoms with Crippen LogP contribution in [0.2, 0.25) is 0 Å². The van der Waals surface area contributed by atoms with Crippen LogP contribution in [-0.2, 0) is 4.74 Å². The van der Waals surface area contributed by atoms with E-state index < -0.39 is 0 Å². The maximum absolute atomic E-state index is 11.7. The number of anilines is 1. The third kappa shape index (κ3) is 3.21. The number of allylic oxidation sites excluding steroid dienone is 1. The van der Waals surface area contributed by atoms with Gasteiger partial charge in [0.05, 0.1) is 12.7 Å². The summed E-state index contributed by atoms with van der Waals surface area (Å²) in [7, 11) is 5.50. The minimum absolute atomic E-state index is 0.0443. The molecule has 3 rings (SSSR count). The Morgan fingerprint density at radius 1 is 1.00 bits per heavy atom. The fraction of sp³-hybridized carbons (Fsp3) is 0.174. The van der Waals surface area contributed by atoms with E-state index in [9.17, 15) is 4.79 Å². The average Bonchev–Trinajstić information content (AvgIpc) is 2.68. The van der Waals surface area contributed by atoms with Crippen LogP contribution in [0, 0.1) is 0 Å². The fourth-order valence-corrected chi connectivity index (χ4v) is 3.35. The molecule has 0 saturated carbocycles. The highest BCUT2D eigenvalue weighted by Gasteiger charge is 2.16. The number of carbonyl (C=O) groups excluding carboxylic acids is 1. The SMILES string of the molecule is C=C[C@H](c1ccc(C(=O)OC)cc1)c1ccc(N(C)C)c2ccccc12. The first-order valence-electron chi connectivity index (χ1n) is 8.56. The molecular weight excluding hydrogens is 322 g/mol. The van der Waals surface area contributed by atoms with Crippen LogP contribution in [0.3, 0.4) is 0 Å². The molecule has 0 saturated heterocycles. The fourth-order valence-electron chi connectivity index (χ4n) is 3.35. The number of benzene rings is 3. The number of hydrogen-bond donors (Lipinski definition) is 0. The van der Waals surface area contributed by atoms with Gasteiger partial charge >= 0.3 is 5.97 Å². The number of hydrogen-bond acceptors (Lipinski definition) is 3. The summed E-state index contributed by atoms with van der Waals surface area (Å²) >= 11 is 0. The highest BCUT2D eigenvalue weighted by atomic mass is 16.5. The minimum Gasteiger partial charge on any atom is -0.465 e. The van der Waals surface area contributed by atoms with Gasteiger partial charge in [0.1, 0.15) is 0 Å². The van der Waals surface area contributed by atoms with Crippen LogP contribution in [-0.4, -0.2) is 27.2 Å². The lowest BCUT2D eigenvalue weighted by Crippen LogP contribution is -2.10. The second-order valence-electron chi connectivity index (χ2n) is 6.44. The van der Waals surface area contributed by atoms with Crippen LogP contribution in [0.4, 0.5) is 5.69 Å². The monoisotopic (exact) mass is 345 g/mol. The zero-order valence-corrected chi connectivity index (χ0v) is 15.4. The summed E-state index contributed by atoms with van der Waals surface area (Å²) in [5.41, 5.74) is 4.03. The van der Waals surface area contributed by atoms with Gasteiger partial charge in [0.2, 0.25) is 0 Å². The Morgan fingerprint density at radius 2 is 1.65 bits per heavy atom. The topological polar surface area (TPSA) is 29.5 Å². The molecule has 132 valence electrons. The van der Waals surface area contributed by atoms with Crippen molar-refractivity contribution in [2.75, 3.05) is 26.1 Å². The van der Waals surface area contributed by atoms with Crippen molar-refractivity contribution in [3.63, 3.8) is 0 Å². The lowest BCUT2D eigenvalue weighted by Gasteiger charge is -2.21. The lowest BCUT2D eigenvalue weighted by atomic mass is 9.87. The summed E-state index contributed by atoms with van der Waals surface area (Å²) in [6.45, 7) is 4.05. The van der Waals surface area contributed by atoms with Gasteiger partial charge in [-0.05, 0) is 34.7 Å². The van der Waals surface area contributed by atoms with Crippen molar-refractivity contribution in [2.24, 2.45) is 0 Å². The molecule has 0 aliphatic rings. The molecule has 0 aromatic heterocycles. The molecule has 0 unspecified atom stereocenters. The molecule has 0 aliphatic heterocycles. The van der Waals surface area contributed by atoms with Crippen molar-refractivity contribution < 1.29 is 9.53 Å². The summed E-state index contributed by atoms with van der Waals surface area (Å²) in [5.74, 6) is -0.282. The van der Waals surface area contributed by atoms with Gasteiger partial charge in [-0.15, -0.1) is 6.58 Å². The number of fused-ring (bicyclic) bond motifs is 1. The molecule has 0 bridgehead atoms. The van der Waals surface area contributed by atoms with Gasteiger partial charge in [-0.3, -0.25) is 0 Å². The van der Waals surface area contributed by atoms with Gasteiger partial charge in [-0.1, -0.05) is 48.5 Å². The predicted molar refractivity (Wildman–Crippen MR) is 108 cm³/mol. The lowest BCUT2D eigenvalue weighted by molar-refractivity contribution is 0.0600. The summed E-state index contributed by atoms with van der Waals surface area (Å²) in [6.07, 6.45) is 1.95. The number of rotatable bonds is 5. The maximum atomic E-state index is 11.7. The van der Waals surface area contributed by atoms with E-state index in [0.29, 0.717) is 5.56 Å². The summed E-state index contributed by atoms with van der Waals surface area (Å²) < 4.78 is 4.78. The number of ether oxygens (including phenoxy) is 1. The third-order valence-corrected chi connectivity index (χ3v) is 4.68. The molecule has 0 fully saturated rings. The summed E-state index contributed by atoms with van der Waals surface area (Å²) in [6, 6.07) is 20.3. The molecule has 0 amide bonds. The number of carbonyl (C=O) groups is 1. The predicted octanol–water partition coefficient (Wildman–Crippen LogP) is 5.01. The number of esters is 1. The first-order chi connectivity index (χ1) is 12.6. The number of nitrogens with zero attached hydrogens (tertiary/aromatic N) is 1. The number of methoxy groups -OCH3 is 1. The molecule has 3 nitrogen and oxygen atoms in total. The van der Waals surface area contributed by atoms with Crippen LogP contribution in [0.1, 0.15) is 27.4 Å². The second kappa shape index (κ2) is 7.44. The Morgan fingerprint density at radius 3 is 2.23 bits per heavy atom. The molecule has 3 aromatic carbocycles. The van der Waals surface area contributed by atoms with E-state index in [1.165, 1.54) is 29.1 Å². The Balaban J connectivity index is 2.10. The van der Waals surface area contributed by atoms with Crippen LogP contribution in [0.15, 0.2) is 73.3 Å². The molecular formula is C23H23NO2. The van der Waals surface area contributed by atoms with E-state index in [1.807, 2.05) is 18.2 Å². The standard InChI is InChI=1S/C23H23NO2/c1-5-18(16-10-12-17(13-11-16)23(25)26-4)20-14-15-22(24(2)3)21-9-7-6-8-19(20)21/h5-15,18H,1H2,2-4H3/t18-/m1/s1. The zero-order chi connectivity index (χ0) is 18.7. The molecule has 0 radical (unpaired) electrons. The summed E-state index contributed by atoms with van der Waals surface area (Å²) in [4.78, 5) is 13.8. The van der Waals surface area contributed by atoms with Crippen molar-refractivity contribution >= 4 is 22.4 Å². The second-order valence-corrected chi connectivity index (χ2v) is 6.44. The van der Waals surface area contributed by atoms with Gasteiger partial charge in [-0.2, -0.15) is 0 Å². The maximum Gasteiger partial charge on any atom is 0.337 e. The van der Waals surface area contributed by atoms with E-state index in [2.05, 4.69) is 62.0 Å². The average molecular weight is 345 g/mol. The molecule has 0 heterocycles. The smallest absolute Gasteiger partial charge is 0.337 e. The molecule has 0 spiro atoms. The molecule has 0 aliphatic carbocycles. The summed E-state index contributed by atoms with van der Waals surface area (Å²) in [5, 5.41) is 2.42.